The van der Waals surface area contributed by atoms with Gasteiger partial charge in [-0.05, 0) is 48.7 Å². The molecule has 2 aromatic rings. The summed E-state index contributed by atoms with van der Waals surface area (Å²) in [5.41, 5.74) is 4.14. The van der Waals surface area contributed by atoms with Gasteiger partial charge in [0.2, 0.25) is 0 Å². The number of hydrogen-bond donors (Lipinski definition) is 0. The minimum atomic E-state index is 0.524. The molecule has 0 aliphatic carbocycles. The lowest BCUT2D eigenvalue weighted by molar-refractivity contribution is 0.304. The van der Waals surface area contributed by atoms with Gasteiger partial charge in [-0.15, -0.1) is 0 Å². The Hall–Kier alpha value is -2.27. The van der Waals surface area contributed by atoms with Crippen LogP contribution < -0.4 is 4.74 Å². The highest BCUT2D eigenvalue weighted by Gasteiger charge is 2.02. The fourth-order valence-corrected chi connectivity index (χ4v) is 1.72. The van der Waals surface area contributed by atoms with Gasteiger partial charge in [-0.1, -0.05) is 24.3 Å². The van der Waals surface area contributed by atoms with Crippen LogP contribution in [-0.2, 0) is 6.61 Å². The van der Waals surface area contributed by atoms with Crippen molar-refractivity contribution in [3.05, 3.63) is 64.7 Å². The summed E-state index contributed by atoms with van der Waals surface area (Å²) in [6.45, 7) is 4.66. The zero-order chi connectivity index (χ0) is 13.0. The lowest BCUT2D eigenvalue weighted by atomic mass is 10.1. The minimum Gasteiger partial charge on any atom is -0.489 e. The number of ether oxygens (including phenoxy) is 1. The van der Waals surface area contributed by atoms with Crippen molar-refractivity contribution in [1.82, 2.24) is 0 Å². The van der Waals surface area contributed by atoms with E-state index in [0.29, 0.717) is 12.2 Å². The van der Waals surface area contributed by atoms with Gasteiger partial charge in [-0.25, -0.2) is 0 Å². The van der Waals surface area contributed by atoms with E-state index >= 15 is 0 Å². The summed E-state index contributed by atoms with van der Waals surface area (Å²) < 4.78 is 5.79. The molecule has 0 N–H and O–H groups in total. The monoisotopic (exact) mass is 237 g/mol. The highest BCUT2D eigenvalue weighted by molar-refractivity contribution is 5.38. The van der Waals surface area contributed by atoms with E-state index in [-0.39, 0.29) is 0 Å². The smallest absolute Gasteiger partial charge is 0.122 e. The number of rotatable bonds is 3. The van der Waals surface area contributed by atoms with Gasteiger partial charge in [0, 0.05) is 0 Å². The van der Waals surface area contributed by atoms with Crippen LogP contribution in [-0.4, -0.2) is 0 Å². The maximum Gasteiger partial charge on any atom is 0.122 e. The Morgan fingerprint density at radius 2 is 1.78 bits per heavy atom. The second kappa shape index (κ2) is 5.37. The van der Waals surface area contributed by atoms with E-state index in [1.165, 1.54) is 11.1 Å². The highest BCUT2D eigenvalue weighted by atomic mass is 16.5. The first kappa shape index (κ1) is 12.2. The molecule has 2 aromatic carbocycles. The van der Waals surface area contributed by atoms with E-state index in [2.05, 4.69) is 26.0 Å². The van der Waals surface area contributed by atoms with Gasteiger partial charge < -0.3 is 4.74 Å². The van der Waals surface area contributed by atoms with Gasteiger partial charge in [-0.3, -0.25) is 0 Å². The molecule has 0 saturated carbocycles. The zero-order valence-electron chi connectivity index (χ0n) is 10.6. The molecule has 0 amide bonds. The van der Waals surface area contributed by atoms with E-state index in [1.807, 2.05) is 36.4 Å². The largest absolute Gasteiger partial charge is 0.489 e. The fraction of sp³-hybridized carbons (Fsp3) is 0.188. The molecule has 0 fully saturated rings. The zero-order valence-corrected chi connectivity index (χ0v) is 10.6. The van der Waals surface area contributed by atoms with Crippen LogP contribution in [0.1, 0.15) is 22.3 Å². The molecule has 0 aliphatic heterocycles. The molecule has 18 heavy (non-hydrogen) atoms. The average molecular weight is 237 g/mol. The molecule has 0 saturated heterocycles. The quantitative estimate of drug-likeness (QED) is 0.814. The Bertz CT molecular complexity index is 579. The van der Waals surface area contributed by atoms with Gasteiger partial charge >= 0.3 is 0 Å². The normalized spacial score (nSPS) is 9.83. The number of hydrogen-bond acceptors (Lipinski definition) is 2. The second-order valence-electron chi connectivity index (χ2n) is 4.30. The Morgan fingerprint density at radius 3 is 2.44 bits per heavy atom. The van der Waals surface area contributed by atoms with Crippen molar-refractivity contribution >= 4 is 0 Å². The van der Waals surface area contributed by atoms with Crippen molar-refractivity contribution in [2.45, 2.75) is 20.5 Å². The molecule has 90 valence electrons. The van der Waals surface area contributed by atoms with Crippen LogP contribution >= 0.6 is 0 Å². The van der Waals surface area contributed by atoms with Crippen LogP contribution in [0.2, 0.25) is 0 Å². The van der Waals surface area contributed by atoms with Crippen molar-refractivity contribution in [1.29, 1.82) is 5.26 Å². The van der Waals surface area contributed by atoms with Crippen molar-refractivity contribution < 1.29 is 4.74 Å². The van der Waals surface area contributed by atoms with Crippen LogP contribution in [0.5, 0.6) is 5.75 Å². The van der Waals surface area contributed by atoms with E-state index in [1.54, 1.807) is 0 Å². The molecule has 2 heteroatoms. The highest BCUT2D eigenvalue weighted by Crippen LogP contribution is 2.21. The third kappa shape index (κ3) is 2.70. The third-order valence-corrected chi connectivity index (χ3v) is 3.03. The summed E-state index contributed by atoms with van der Waals surface area (Å²) in [6, 6.07) is 15.6. The summed E-state index contributed by atoms with van der Waals surface area (Å²) >= 11 is 0. The summed E-state index contributed by atoms with van der Waals surface area (Å²) in [7, 11) is 0. The first-order valence-corrected chi connectivity index (χ1v) is 5.89. The molecule has 0 heterocycles. The van der Waals surface area contributed by atoms with E-state index < -0.39 is 0 Å². The number of nitriles is 1. The van der Waals surface area contributed by atoms with Gasteiger partial charge in [0.15, 0.2) is 0 Å². The van der Waals surface area contributed by atoms with Crippen LogP contribution in [0, 0.1) is 25.2 Å². The molecule has 0 unspecified atom stereocenters. The molecule has 0 spiro atoms. The third-order valence-electron chi connectivity index (χ3n) is 3.03. The SMILES string of the molecule is Cc1cccc(OCc2ccc(C#N)cc2)c1C. The molecule has 0 atom stereocenters. The maximum absolute atomic E-state index is 8.72. The first-order valence-electron chi connectivity index (χ1n) is 5.89. The lowest BCUT2D eigenvalue weighted by Gasteiger charge is -2.10. The molecule has 2 rings (SSSR count). The molecule has 0 bridgehead atoms. The molecular formula is C16H15NO. The van der Waals surface area contributed by atoms with Crippen molar-refractivity contribution in [2.75, 3.05) is 0 Å². The summed E-state index contributed by atoms with van der Waals surface area (Å²) in [5.74, 6) is 0.916. The Kier molecular flexibility index (Phi) is 3.64. The topological polar surface area (TPSA) is 33.0 Å². The number of aryl methyl sites for hydroxylation is 1. The molecule has 0 radical (unpaired) electrons. The maximum atomic E-state index is 8.72. The van der Waals surface area contributed by atoms with Crippen molar-refractivity contribution in [3.8, 4) is 11.8 Å². The van der Waals surface area contributed by atoms with Gasteiger partial charge in [0.1, 0.15) is 12.4 Å². The second-order valence-corrected chi connectivity index (χ2v) is 4.30. The predicted octanol–water partition coefficient (Wildman–Crippen LogP) is 3.75. The molecule has 2 nitrogen and oxygen atoms in total. The van der Waals surface area contributed by atoms with E-state index in [0.717, 1.165) is 11.3 Å². The first-order chi connectivity index (χ1) is 8.70. The van der Waals surface area contributed by atoms with Crippen LogP contribution in [0.15, 0.2) is 42.5 Å². The summed E-state index contributed by atoms with van der Waals surface area (Å²) in [5, 5.41) is 8.72. The van der Waals surface area contributed by atoms with Crippen LogP contribution in [0.4, 0.5) is 0 Å². The fourth-order valence-electron chi connectivity index (χ4n) is 1.72. The van der Waals surface area contributed by atoms with Crippen molar-refractivity contribution in [3.63, 3.8) is 0 Å². The standard InChI is InChI=1S/C16H15NO/c1-12-4-3-5-16(13(12)2)18-11-15-8-6-14(10-17)7-9-15/h3-9H,11H2,1-2H3. The summed E-state index contributed by atoms with van der Waals surface area (Å²) in [6.07, 6.45) is 0. The Balaban J connectivity index is 2.07. The molecular weight excluding hydrogens is 222 g/mol. The van der Waals surface area contributed by atoms with E-state index in [4.69, 9.17) is 10.00 Å². The van der Waals surface area contributed by atoms with Crippen LogP contribution in [0.25, 0.3) is 0 Å². The predicted molar refractivity (Wildman–Crippen MR) is 71.4 cm³/mol. The molecule has 0 aliphatic rings. The lowest BCUT2D eigenvalue weighted by Crippen LogP contribution is -1.97. The number of benzene rings is 2. The minimum absolute atomic E-state index is 0.524. The molecule has 0 aromatic heterocycles. The number of nitrogens with zero attached hydrogens (tertiary/aromatic N) is 1. The van der Waals surface area contributed by atoms with Gasteiger partial charge in [-0.2, -0.15) is 5.26 Å². The Morgan fingerprint density at radius 1 is 1.06 bits per heavy atom. The van der Waals surface area contributed by atoms with Crippen molar-refractivity contribution in [2.24, 2.45) is 0 Å². The summed E-state index contributed by atoms with van der Waals surface area (Å²) in [4.78, 5) is 0. The Labute approximate surface area is 107 Å². The van der Waals surface area contributed by atoms with Crippen LogP contribution in [0.3, 0.4) is 0 Å². The van der Waals surface area contributed by atoms with Gasteiger partial charge in [0.05, 0.1) is 11.6 Å². The van der Waals surface area contributed by atoms with Gasteiger partial charge in [0.25, 0.3) is 0 Å². The average Bonchev–Trinajstić information content (AvgIpc) is 2.41. The van der Waals surface area contributed by atoms with E-state index in [9.17, 15) is 0 Å².